The van der Waals surface area contributed by atoms with Gasteiger partial charge < -0.3 is 30.5 Å². The molecule has 0 aliphatic heterocycles. The molecule has 0 saturated heterocycles. The molecule has 3 atom stereocenters. The van der Waals surface area contributed by atoms with Gasteiger partial charge in [0, 0.05) is 19.9 Å². The second-order valence-electron chi connectivity index (χ2n) is 9.70. The molecule has 3 amide bonds. The molecular formula is C31H34FN3O6. The maximum Gasteiger partial charge on any atom is 0.247 e. The second kappa shape index (κ2) is 15.3. The lowest BCUT2D eigenvalue weighted by Gasteiger charge is -2.29. The van der Waals surface area contributed by atoms with E-state index in [2.05, 4.69) is 10.6 Å². The Kier molecular flexibility index (Phi) is 11.5. The average molecular weight is 564 g/mol. The topological polar surface area (TPSA) is 136 Å². The highest BCUT2D eigenvalue weighted by atomic mass is 19.1. The molecule has 0 heterocycles. The summed E-state index contributed by atoms with van der Waals surface area (Å²) < 4.78 is 13.2. The molecule has 0 bridgehead atoms. The molecular weight excluding hydrogens is 529 g/mol. The molecule has 0 fully saturated rings. The van der Waals surface area contributed by atoms with Crippen molar-refractivity contribution in [1.29, 1.82) is 0 Å². The van der Waals surface area contributed by atoms with E-state index < -0.39 is 42.5 Å². The smallest absolute Gasteiger partial charge is 0.247 e. The van der Waals surface area contributed by atoms with Crippen LogP contribution in [0.3, 0.4) is 0 Å². The number of carbonyl (C=O) groups excluding carboxylic acids is 4. The van der Waals surface area contributed by atoms with Gasteiger partial charge in [0.05, 0.1) is 12.6 Å². The van der Waals surface area contributed by atoms with Crippen molar-refractivity contribution in [2.75, 3.05) is 13.7 Å². The lowest BCUT2D eigenvalue weighted by atomic mass is 10.0. The number of hydrogen-bond donors (Lipinski definition) is 4. The van der Waals surface area contributed by atoms with E-state index >= 15 is 0 Å². The molecule has 41 heavy (non-hydrogen) atoms. The molecule has 3 aromatic rings. The third-order valence-electron chi connectivity index (χ3n) is 6.67. The molecule has 0 spiro atoms. The highest BCUT2D eigenvalue weighted by molar-refractivity contribution is 5.93. The first kappa shape index (κ1) is 31.0. The number of aliphatic hydroxyl groups is 1. The van der Waals surface area contributed by atoms with Gasteiger partial charge in [0.15, 0.2) is 0 Å². The number of aliphatic hydroxyl groups excluding tert-OH is 1. The molecule has 0 aromatic heterocycles. The highest BCUT2D eigenvalue weighted by Gasteiger charge is 2.31. The Bertz CT molecular complexity index is 1300. The lowest BCUT2D eigenvalue weighted by Crippen LogP contribution is -2.57. The molecule has 10 heteroatoms. The van der Waals surface area contributed by atoms with Crippen LogP contribution in [0.25, 0.3) is 0 Å². The molecule has 0 aliphatic rings. The fourth-order valence-electron chi connectivity index (χ4n) is 4.25. The molecule has 2 unspecified atom stereocenters. The molecule has 3 aromatic carbocycles. The summed E-state index contributed by atoms with van der Waals surface area (Å²) in [7, 11) is 1.40. The number of aromatic hydroxyl groups is 1. The molecule has 4 N–H and O–H groups in total. The van der Waals surface area contributed by atoms with E-state index in [0.717, 1.165) is 16.0 Å². The number of rotatable bonds is 14. The number of halogens is 1. The van der Waals surface area contributed by atoms with Gasteiger partial charge in [0.25, 0.3) is 0 Å². The van der Waals surface area contributed by atoms with Gasteiger partial charge in [-0.1, -0.05) is 54.6 Å². The summed E-state index contributed by atoms with van der Waals surface area (Å²) in [4.78, 5) is 52.2. The number of phenolic OH excluding ortho intramolecular Hbond substituents is 1. The third kappa shape index (κ3) is 9.54. The maximum absolute atomic E-state index is 13.3. The summed E-state index contributed by atoms with van der Waals surface area (Å²) in [5.74, 6) is -2.08. The molecule has 9 nitrogen and oxygen atoms in total. The van der Waals surface area contributed by atoms with E-state index in [1.54, 1.807) is 48.5 Å². The third-order valence-corrected chi connectivity index (χ3v) is 6.67. The first-order valence-corrected chi connectivity index (χ1v) is 13.2. The molecule has 0 saturated carbocycles. The molecule has 0 aliphatic carbocycles. The van der Waals surface area contributed by atoms with Crippen molar-refractivity contribution in [3.8, 4) is 5.75 Å². The van der Waals surface area contributed by atoms with Crippen LogP contribution in [-0.2, 0) is 38.4 Å². The predicted molar refractivity (Wildman–Crippen MR) is 150 cm³/mol. The normalized spacial score (nSPS) is 13.0. The van der Waals surface area contributed by atoms with Crippen LogP contribution in [0.4, 0.5) is 4.39 Å². The monoisotopic (exact) mass is 563 g/mol. The van der Waals surface area contributed by atoms with Crippen LogP contribution in [-0.4, -0.2) is 70.9 Å². The van der Waals surface area contributed by atoms with Crippen molar-refractivity contribution >= 4 is 24.0 Å². The van der Waals surface area contributed by atoms with E-state index in [9.17, 15) is 33.8 Å². The Morgan fingerprint density at radius 2 is 1.46 bits per heavy atom. The van der Waals surface area contributed by atoms with Gasteiger partial charge in [-0.25, -0.2) is 4.39 Å². The second-order valence-corrected chi connectivity index (χ2v) is 9.70. The van der Waals surface area contributed by atoms with Crippen LogP contribution in [0.1, 0.15) is 23.1 Å². The molecule has 216 valence electrons. The zero-order chi connectivity index (χ0) is 29.8. The number of amides is 3. The van der Waals surface area contributed by atoms with Crippen molar-refractivity contribution < 1.29 is 33.8 Å². The minimum absolute atomic E-state index is 0.0492. The largest absolute Gasteiger partial charge is 0.508 e. The Hall–Kier alpha value is -4.57. The fourth-order valence-corrected chi connectivity index (χ4v) is 4.25. The van der Waals surface area contributed by atoms with Crippen LogP contribution in [0, 0.1) is 5.82 Å². The van der Waals surface area contributed by atoms with Crippen molar-refractivity contribution in [1.82, 2.24) is 15.5 Å². The van der Waals surface area contributed by atoms with E-state index in [1.807, 2.05) is 6.07 Å². The standard InChI is InChI=1S/C31H34FN3O6/c1-35(25(19-36)17-23-9-14-26(38)15-10-23)31(41)28(20-37)34-30(40)27(18-22-5-3-2-4-6-22)33-29(39)16-11-21-7-12-24(32)13-8-21/h2-10,12-15,19,25,27-28,37-38H,11,16-18,20H2,1H3,(H,33,39)(H,34,40)/t25?,27-,28?/m1/s1. The number of aryl methyl sites for hydroxylation is 1. The maximum atomic E-state index is 13.3. The first-order chi connectivity index (χ1) is 19.7. The number of hydrogen-bond acceptors (Lipinski definition) is 6. The fraction of sp³-hybridized carbons (Fsp3) is 0.290. The number of nitrogens with one attached hydrogen (secondary N) is 2. The van der Waals surface area contributed by atoms with Gasteiger partial charge in [0.1, 0.15) is 29.9 Å². The predicted octanol–water partition coefficient (Wildman–Crippen LogP) is 1.94. The number of aldehydes is 1. The number of carbonyl (C=O) groups is 4. The van der Waals surface area contributed by atoms with Gasteiger partial charge in [-0.2, -0.15) is 0 Å². The zero-order valence-corrected chi connectivity index (χ0v) is 22.7. The van der Waals surface area contributed by atoms with E-state index in [1.165, 1.54) is 31.3 Å². The molecule has 0 radical (unpaired) electrons. The van der Waals surface area contributed by atoms with Gasteiger partial charge in [0.2, 0.25) is 17.7 Å². The molecule has 3 rings (SSSR count). The summed E-state index contributed by atoms with van der Waals surface area (Å²) >= 11 is 0. The van der Waals surface area contributed by atoms with Crippen LogP contribution in [0.2, 0.25) is 0 Å². The lowest BCUT2D eigenvalue weighted by molar-refractivity contribution is -0.140. The van der Waals surface area contributed by atoms with Crippen molar-refractivity contribution in [2.45, 2.75) is 43.8 Å². The number of phenols is 1. The summed E-state index contributed by atoms with van der Waals surface area (Å²) in [5.41, 5.74) is 2.23. The minimum atomic E-state index is -1.36. The van der Waals surface area contributed by atoms with Crippen molar-refractivity contribution in [3.63, 3.8) is 0 Å². The Balaban J connectivity index is 1.68. The number of benzene rings is 3. The summed E-state index contributed by atoms with van der Waals surface area (Å²) in [6.07, 6.45) is 1.28. The van der Waals surface area contributed by atoms with Crippen LogP contribution in [0.15, 0.2) is 78.9 Å². The van der Waals surface area contributed by atoms with Gasteiger partial charge in [-0.15, -0.1) is 0 Å². The minimum Gasteiger partial charge on any atom is -0.508 e. The Morgan fingerprint density at radius 1 is 0.854 bits per heavy atom. The van der Waals surface area contributed by atoms with Gasteiger partial charge >= 0.3 is 0 Å². The summed E-state index contributed by atoms with van der Waals surface area (Å²) in [6, 6.07) is 17.7. The van der Waals surface area contributed by atoms with Crippen molar-refractivity contribution in [3.05, 3.63) is 101 Å². The van der Waals surface area contributed by atoms with Gasteiger partial charge in [-0.3, -0.25) is 14.4 Å². The van der Waals surface area contributed by atoms with Crippen LogP contribution < -0.4 is 10.6 Å². The van der Waals surface area contributed by atoms with Crippen LogP contribution >= 0.6 is 0 Å². The quantitative estimate of drug-likeness (QED) is 0.222. The SMILES string of the molecule is CN(C(=O)C(CO)NC(=O)[C@@H](Cc1ccccc1)NC(=O)CCc1ccc(F)cc1)C(C=O)Cc1ccc(O)cc1. The van der Waals surface area contributed by atoms with Gasteiger partial charge in [-0.05, 0) is 53.8 Å². The van der Waals surface area contributed by atoms with E-state index in [0.29, 0.717) is 18.3 Å². The van der Waals surface area contributed by atoms with Crippen molar-refractivity contribution in [2.24, 2.45) is 0 Å². The Labute approximate surface area is 238 Å². The Morgan fingerprint density at radius 3 is 2.07 bits per heavy atom. The summed E-state index contributed by atoms with van der Waals surface area (Å²) in [6.45, 7) is -0.726. The average Bonchev–Trinajstić information content (AvgIpc) is 2.98. The van der Waals surface area contributed by atoms with E-state index in [-0.39, 0.29) is 30.8 Å². The number of likely N-dealkylation sites (N-methyl/N-ethyl adjacent to an activating group) is 1. The highest BCUT2D eigenvalue weighted by Crippen LogP contribution is 2.14. The van der Waals surface area contributed by atoms with Crippen LogP contribution in [0.5, 0.6) is 5.75 Å². The summed E-state index contributed by atoms with van der Waals surface area (Å²) in [5, 5.41) is 24.7. The zero-order valence-electron chi connectivity index (χ0n) is 22.7. The van der Waals surface area contributed by atoms with E-state index in [4.69, 9.17) is 0 Å². The number of nitrogens with zero attached hydrogens (tertiary/aromatic N) is 1. The first-order valence-electron chi connectivity index (χ1n) is 13.2.